The number of halogens is 2. The molecular weight excluding hydrogens is 410 g/mol. The Bertz CT molecular complexity index is 837. The van der Waals surface area contributed by atoms with E-state index in [1.807, 2.05) is 24.3 Å². The largest absolute Gasteiger partial charge is 0.272 e. The molecule has 0 aliphatic carbocycles. The third-order valence-electron chi connectivity index (χ3n) is 3.95. The first-order chi connectivity index (χ1) is 12.0. The Kier molecular flexibility index (Phi) is 5.15. The minimum atomic E-state index is -0.454. The molecule has 25 heavy (non-hydrogen) atoms. The normalized spacial score (nSPS) is 16.6. The fourth-order valence-corrected chi connectivity index (χ4v) is 3.08. The molecule has 2 aromatic carbocycles. The van der Waals surface area contributed by atoms with E-state index in [2.05, 4.69) is 21.0 Å². The second-order valence-electron chi connectivity index (χ2n) is 5.49. The molecule has 0 bridgehead atoms. The van der Waals surface area contributed by atoms with Crippen molar-refractivity contribution < 1.29 is 9.72 Å². The van der Waals surface area contributed by atoms with Gasteiger partial charge in [-0.15, -0.1) is 11.6 Å². The molecule has 1 amide bonds. The first-order valence-corrected chi connectivity index (χ1v) is 8.78. The van der Waals surface area contributed by atoms with Crippen molar-refractivity contribution in [2.24, 2.45) is 5.10 Å². The molecule has 6 nitrogen and oxygen atoms in total. The van der Waals surface area contributed by atoms with Gasteiger partial charge in [-0.3, -0.25) is 14.9 Å². The van der Waals surface area contributed by atoms with Crippen LogP contribution in [0, 0.1) is 10.1 Å². The number of nitrogens with zero attached hydrogens (tertiary/aromatic N) is 3. The van der Waals surface area contributed by atoms with Gasteiger partial charge in [-0.1, -0.05) is 40.2 Å². The molecular formula is C17H13BrClN3O3. The fourth-order valence-electron chi connectivity index (χ4n) is 2.70. The van der Waals surface area contributed by atoms with E-state index < -0.39 is 4.92 Å². The highest BCUT2D eigenvalue weighted by Crippen LogP contribution is 2.33. The van der Waals surface area contributed by atoms with E-state index in [4.69, 9.17) is 11.6 Å². The number of benzene rings is 2. The Balaban J connectivity index is 1.92. The summed E-state index contributed by atoms with van der Waals surface area (Å²) in [4.78, 5) is 22.5. The van der Waals surface area contributed by atoms with Gasteiger partial charge >= 0.3 is 0 Å². The summed E-state index contributed by atoms with van der Waals surface area (Å²) in [5.41, 5.74) is 2.47. The number of carbonyl (C=O) groups is 1. The zero-order chi connectivity index (χ0) is 18.0. The van der Waals surface area contributed by atoms with E-state index in [1.54, 1.807) is 12.1 Å². The maximum Gasteiger partial charge on any atom is 0.269 e. The average Bonchev–Trinajstić information content (AvgIpc) is 3.07. The number of amides is 1. The minimum Gasteiger partial charge on any atom is -0.272 e. The van der Waals surface area contributed by atoms with Crippen LogP contribution in [0.1, 0.15) is 23.6 Å². The minimum absolute atomic E-state index is 0.00557. The van der Waals surface area contributed by atoms with Crippen LogP contribution < -0.4 is 0 Å². The molecule has 0 saturated carbocycles. The van der Waals surface area contributed by atoms with Gasteiger partial charge < -0.3 is 0 Å². The highest BCUT2D eigenvalue weighted by Gasteiger charge is 2.32. The van der Waals surface area contributed by atoms with E-state index in [9.17, 15) is 14.9 Å². The van der Waals surface area contributed by atoms with Crippen molar-refractivity contribution in [3.63, 3.8) is 0 Å². The lowest BCUT2D eigenvalue weighted by atomic mass is 9.98. The number of nitro benzene ring substituents is 1. The van der Waals surface area contributed by atoms with Crippen molar-refractivity contribution in [1.82, 2.24) is 5.01 Å². The zero-order valence-corrected chi connectivity index (χ0v) is 15.3. The molecule has 0 spiro atoms. The van der Waals surface area contributed by atoms with Crippen LogP contribution in [0.3, 0.4) is 0 Å². The molecule has 2 aromatic rings. The Morgan fingerprint density at radius 2 is 1.88 bits per heavy atom. The monoisotopic (exact) mass is 421 g/mol. The van der Waals surface area contributed by atoms with Gasteiger partial charge in [-0.2, -0.15) is 5.10 Å². The van der Waals surface area contributed by atoms with Crippen molar-refractivity contribution in [2.45, 2.75) is 12.5 Å². The average molecular weight is 423 g/mol. The molecule has 1 aliphatic rings. The van der Waals surface area contributed by atoms with Crippen molar-refractivity contribution in [3.05, 3.63) is 74.2 Å². The molecule has 1 aliphatic heterocycles. The van der Waals surface area contributed by atoms with Gasteiger partial charge in [-0.05, 0) is 23.3 Å². The SMILES string of the molecule is O=C(CCl)N1N=C(c2ccc(Br)cc2)CC1c1ccc([N+](=O)[O-])cc1. The highest BCUT2D eigenvalue weighted by molar-refractivity contribution is 9.10. The summed E-state index contributed by atoms with van der Waals surface area (Å²) < 4.78 is 0.954. The number of non-ortho nitro benzene ring substituents is 1. The number of hydrogen-bond acceptors (Lipinski definition) is 4. The van der Waals surface area contributed by atoms with Gasteiger partial charge in [0.05, 0.1) is 16.7 Å². The Hall–Kier alpha value is -2.25. The van der Waals surface area contributed by atoms with Crippen LogP contribution in [-0.4, -0.2) is 27.4 Å². The number of nitro groups is 1. The molecule has 0 saturated heterocycles. The zero-order valence-electron chi connectivity index (χ0n) is 12.9. The summed E-state index contributed by atoms with van der Waals surface area (Å²) in [7, 11) is 0. The van der Waals surface area contributed by atoms with Crippen LogP contribution in [0.25, 0.3) is 0 Å². The van der Waals surface area contributed by atoms with Crippen molar-refractivity contribution in [1.29, 1.82) is 0 Å². The number of rotatable bonds is 4. The topological polar surface area (TPSA) is 75.8 Å². The van der Waals surface area contributed by atoms with Crippen LogP contribution in [-0.2, 0) is 4.79 Å². The maximum atomic E-state index is 12.2. The lowest BCUT2D eigenvalue weighted by molar-refractivity contribution is -0.384. The molecule has 0 aromatic heterocycles. The van der Waals surface area contributed by atoms with E-state index in [-0.39, 0.29) is 23.5 Å². The predicted octanol–water partition coefficient (Wildman–Crippen LogP) is 4.27. The van der Waals surface area contributed by atoms with Gasteiger partial charge in [-0.25, -0.2) is 5.01 Å². The molecule has 1 atom stereocenters. The van der Waals surface area contributed by atoms with Crippen LogP contribution in [0.5, 0.6) is 0 Å². The quantitative estimate of drug-likeness (QED) is 0.419. The number of hydrazone groups is 1. The smallest absolute Gasteiger partial charge is 0.269 e. The van der Waals surface area contributed by atoms with Gasteiger partial charge in [0.1, 0.15) is 5.88 Å². The number of alkyl halides is 1. The van der Waals surface area contributed by atoms with Crippen LogP contribution in [0.15, 0.2) is 58.1 Å². The summed E-state index contributed by atoms with van der Waals surface area (Å²) in [5, 5.41) is 16.6. The van der Waals surface area contributed by atoms with Crippen molar-refractivity contribution >= 4 is 44.8 Å². The Morgan fingerprint density at radius 3 is 2.44 bits per heavy atom. The van der Waals surface area contributed by atoms with E-state index in [1.165, 1.54) is 17.1 Å². The molecule has 0 fully saturated rings. The van der Waals surface area contributed by atoms with Crippen LogP contribution in [0.2, 0.25) is 0 Å². The van der Waals surface area contributed by atoms with Crippen molar-refractivity contribution in [2.75, 3.05) is 5.88 Å². The van der Waals surface area contributed by atoms with E-state index >= 15 is 0 Å². The lowest BCUT2D eigenvalue weighted by Crippen LogP contribution is -2.27. The van der Waals surface area contributed by atoms with E-state index in [0.29, 0.717) is 6.42 Å². The van der Waals surface area contributed by atoms with E-state index in [0.717, 1.165) is 21.3 Å². The first-order valence-electron chi connectivity index (χ1n) is 7.45. The summed E-state index contributed by atoms with van der Waals surface area (Å²) in [6, 6.07) is 13.5. The van der Waals surface area contributed by atoms with Crippen LogP contribution in [0.4, 0.5) is 5.69 Å². The number of carbonyl (C=O) groups excluding carboxylic acids is 1. The summed E-state index contributed by atoms with van der Waals surface area (Å²) >= 11 is 9.10. The third-order valence-corrected chi connectivity index (χ3v) is 4.70. The predicted molar refractivity (Wildman–Crippen MR) is 98.7 cm³/mol. The Labute approximate surface area is 157 Å². The molecule has 8 heteroatoms. The lowest BCUT2D eigenvalue weighted by Gasteiger charge is -2.21. The second kappa shape index (κ2) is 7.33. The summed E-state index contributed by atoms with van der Waals surface area (Å²) in [5.74, 6) is -0.488. The van der Waals surface area contributed by atoms with Gasteiger partial charge in [0.2, 0.25) is 0 Å². The van der Waals surface area contributed by atoms with Gasteiger partial charge in [0.25, 0.3) is 11.6 Å². The highest BCUT2D eigenvalue weighted by atomic mass is 79.9. The molecule has 0 N–H and O–H groups in total. The fraction of sp³-hybridized carbons (Fsp3) is 0.176. The van der Waals surface area contributed by atoms with Crippen molar-refractivity contribution in [3.8, 4) is 0 Å². The van der Waals surface area contributed by atoms with Gasteiger partial charge in [0, 0.05) is 23.0 Å². The molecule has 3 rings (SSSR count). The summed E-state index contributed by atoms with van der Waals surface area (Å²) in [6.07, 6.45) is 0.516. The standard InChI is InChI=1S/C17H13BrClN3O3/c18-13-5-1-11(2-6-13)15-9-16(21(20-15)17(23)10-19)12-3-7-14(8-4-12)22(24)25/h1-8,16H,9-10H2. The first kappa shape index (κ1) is 17.6. The Morgan fingerprint density at radius 1 is 1.24 bits per heavy atom. The summed E-state index contributed by atoms with van der Waals surface area (Å²) in [6.45, 7) is 0. The number of hydrogen-bond donors (Lipinski definition) is 0. The van der Waals surface area contributed by atoms with Crippen LogP contribution >= 0.6 is 27.5 Å². The molecule has 128 valence electrons. The molecule has 1 heterocycles. The third kappa shape index (κ3) is 3.72. The molecule has 0 radical (unpaired) electrons. The molecule has 1 unspecified atom stereocenters. The maximum absolute atomic E-state index is 12.2. The second-order valence-corrected chi connectivity index (χ2v) is 6.68. The van der Waals surface area contributed by atoms with Gasteiger partial charge in [0.15, 0.2) is 0 Å².